The summed E-state index contributed by atoms with van der Waals surface area (Å²) in [5, 5.41) is 3.07. The molecule has 20 heavy (non-hydrogen) atoms. The summed E-state index contributed by atoms with van der Waals surface area (Å²) >= 11 is 0. The molecular weight excluding hydrogens is 260 g/mol. The average molecular weight is 281 g/mol. The molecule has 0 aliphatic heterocycles. The van der Waals surface area contributed by atoms with Crippen LogP contribution in [0.15, 0.2) is 18.2 Å². The minimum atomic E-state index is -0.598. The van der Waals surface area contributed by atoms with Gasteiger partial charge in [-0.05, 0) is 43.9 Å². The number of rotatable bonds is 4. The summed E-state index contributed by atoms with van der Waals surface area (Å²) in [4.78, 5) is 12.0. The molecule has 0 bridgehead atoms. The average Bonchev–Trinajstić information content (AvgIpc) is 2.35. The summed E-state index contributed by atoms with van der Waals surface area (Å²) in [6.07, 6.45) is 6.15. The Morgan fingerprint density at radius 2 is 1.75 bits per heavy atom. The highest BCUT2D eigenvalue weighted by molar-refractivity contribution is 5.77. The highest BCUT2D eigenvalue weighted by Gasteiger charge is 2.27. The van der Waals surface area contributed by atoms with E-state index >= 15 is 0 Å². The van der Waals surface area contributed by atoms with Crippen LogP contribution in [-0.4, -0.2) is 11.4 Å². The Morgan fingerprint density at radius 3 is 2.35 bits per heavy atom. The molecule has 0 radical (unpaired) electrons. The quantitative estimate of drug-likeness (QED) is 0.895. The number of nitrogens with one attached hydrogen (secondary N) is 1. The molecule has 0 unspecified atom stereocenters. The van der Waals surface area contributed by atoms with Crippen LogP contribution in [0.5, 0.6) is 0 Å². The number of aryl methyl sites for hydroxylation is 1. The molecule has 1 N–H and O–H groups in total. The maximum atomic E-state index is 13.0. The molecule has 1 saturated carbocycles. The lowest BCUT2D eigenvalue weighted by molar-refractivity contribution is -0.123. The summed E-state index contributed by atoms with van der Waals surface area (Å²) in [6.45, 7) is 2.08. The lowest BCUT2D eigenvalue weighted by atomic mass is 9.83. The molecule has 0 saturated heterocycles. The van der Waals surface area contributed by atoms with Crippen LogP contribution in [0.4, 0.5) is 8.78 Å². The molecule has 1 aromatic carbocycles. The van der Waals surface area contributed by atoms with E-state index in [9.17, 15) is 13.6 Å². The fourth-order valence-electron chi connectivity index (χ4n) is 2.87. The Labute approximate surface area is 118 Å². The van der Waals surface area contributed by atoms with E-state index in [2.05, 4.69) is 12.2 Å². The van der Waals surface area contributed by atoms with Crippen molar-refractivity contribution < 1.29 is 13.6 Å². The van der Waals surface area contributed by atoms with Crippen LogP contribution < -0.4 is 5.32 Å². The van der Waals surface area contributed by atoms with E-state index in [0.717, 1.165) is 31.7 Å². The third-order valence-electron chi connectivity index (χ3n) is 3.96. The lowest BCUT2D eigenvalue weighted by Gasteiger charge is -2.34. The second-order valence-electron chi connectivity index (χ2n) is 5.95. The number of benzene rings is 1. The Hall–Kier alpha value is -1.45. The fourth-order valence-corrected chi connectivity index (χ4v) is 2.87. The maximum Gasteiger partial charge on any atom is 0.220 e. The van der Waals surface area contributed by atoms with Gasteiger partial charge in [0.2, 0.25) is 5.91 Å². The zero-order valence-electron chi connectivity index (χ0n) is 11.8. The normalized spacial score (nSPS) is 17.8. The van der Waals surface area contributed by atoms with Gasteiger partial charge in [-0.2, -0.15) is 0 Å². The van der Waals surface area contributed by atoms with Gasteiger partial charge >= 0.3 is 0 Å². The number of halogens is 2. The molecule has 1 aliphatic rings. The number of carbonyl (C=O) groups is 1. The molecule has 0 heterocycles. The van der Waals surface area contributed by atoms with Crippen LogP contribution in [0.25, 0.3) is 0 Å². The molecule has 1 fully saturated rings. The summed E-state index contributed by atoms with van der Waals surface area (Å²) in [6, 6.07) is 3.39. The standard InChI is InChI=1S/C16H21F2NO/c1-16(7-3-2-4-8-16)19-15(20)6-5-12-9-13(17)11-14(18)10-12/h9-11H,2-8H2,1H3,(H,19,20). The summed E-state index contributed by atoms with van der Waals surface area (Å²) < 4.78 is 26.1. The molecule has 0 spiro atoms. The Balaban J connectivity index is 1.85. The minimum absolute atomic E-state index is 0.0425. The van der Waals surface area contributed by atoms with Crippen molar-refractivity contribution in [3.8, 4) is 0 Å². The predicted molar refractivity (Wildman–Crippen MR) is 74.3 cm³/mol. The molecule has 1 aromatic rings. The predicted octanol–water partition coefficient (Wildman–Crippen LogP) is 3.74. The zero-order chi connectivity index (χ0) is 14.6. The third-order valence-corrected chi connectivity index (χ3v) is 3.96. The number of amides is 1. The second kappa shape index (κ2) is 6.33. The van der Waals surface area contributed by atoms with Gasteiger partial charge < -0.3 is 5.32 Å². The number of hydrogen-bond acceptors (Lipinski definition) is 1. The van der Waals surface area contributed by atoms with Gasteiger partial charge in [-0.15, -0.1) is 0 Å². The number of hydrogen-bond donors (Lipinski definition) is 1. The lowest BCUT2D eigenvalue weighted by Crippen LogP contribution is -2.47. The van der Waals surface area contributed by atoms with E-state index < -0.39 is 11.6 Å². The Morgan fingerprint density at radius 1 is 1.15 bits per heavy atom. The minimum Gasteiger partial charge on any atom is -0.351 e. The SMILES string of the molecule is CC1(NC(=O)CCc2cc(F)cc(F)c2)CCCCC1. The molecule has 1 aliphatic carbocycles. The van der Waals surface area contributed by atoms with Gasteiger partial charge in [0.15, 0.2) is 0 Å². The largest absolute Gasteiger partial charge is 0.351 e. The highest BCUT2D eigenvalue weighted by Crippen LogP contribution is 2.27. The molecule has 4 heteroatoms. The summed E-state index contributed by atoms with van der Waals surface area (Å²) in [5.41, 5.74) is 0.411. The summed E-state index contributed by atoms with van der Waals surface area (Å²) in [7, 11) is 0. The fraction of sp³-hybridized carbons (Fsp3) is 0.562. The first kappa shape index (κ1) is 14.9. The van der Waals surface area contributed by atoms with Crippen LogP contribution in [0.3, 0.4) is 0 Å². The van der Waals surface area contributed by atoms with Gasteiger partial charge in [0, 0.05) is 18.0 Å². The zero-order valence-corrected chi connectivity index (χ0v) is 11.8. The van der Waals surface area contributed by atoms with Gasteiger partial charge in [0.25, 0.3) is 0 Å². The van der Waals surface area contributed by atoms with Crippen LogP contribution in [0.1, 0.15) is 51.0 Å². The number of carbonyl (C=O) groups excluding carboxylic acids is 1. The van der Waals surface area contributed by atoms with E-state index in [1.165, 1.54) is 18.6 Å². The van der Waals surface area contributed by atoms with Crippen molar-refractivity contribution in [1.29, 1.82) is 0 Å². The van der Waals surface area contributed by atoms with E-state index in [-0.39, 0.29) is 17.9 Å². The van der Waals surface area contributed by atoms with Crippen molar-refractivity contribution in [3.63, 3.8) is 0 Å². The van der Waals surface area contributed by atoms with E-state index in [4.69, 9.17) is 0 Å². The summed E-state index contributed by atoms with van der Waals surface area (Å²) in [5.74, 6) is -1.24. The van der Waals surface area contributed by atoms with Crippen LogP contribution in [0.2, 0.25) is 0 Å². The van der Waals surface area contributed by atoms with Crippen LogP contribution >= 0.6 is 0 Å². The third kappa shape index (κ3) is 4.29. The van der Waals surface area contributed by atoms with E-state index in [1.54, 1.807) is 0 Å². The maximum absolute atomic E-state index is 13.0. The van der Waals surface area contributed by atoms with Gasteiger partial charge in [-0.25, -0.2) is 8.78 Å². The monoisotopic (exact) mass is 281 g/mol. The molecule has 2 rings (SSSR count). The van der Waals surface area contributed by atoms with Crippen molar-refractivity contribution >= 4 is 5.91 Å². The van der Waals surface area contributed by atoms with Crippen molar-refractivity contribution in [3.05, 3.63) is 35.4 Å². The molecule has 1 amide bonds. The second-order valence-corrected chi connectivity index (χ2v) is 5.95. The molecule has 2 nitrogen and oxygen atoms in total. The van der Waals surface area contributed by atoms with Crippen LogP contribution in [-0.2, 0) is 11.2 Å². The first-order chi connectivity index (χ1) is 9.47. The van der Waals surface area contributed by atoms with Crippen LogP contribution in [0, 0.1) is 11.6 Å². The van der Waals surface area contributed by atoms with Gasteiger partial charge in [0.1, 0.15) is 11.6 Å². The van der Waals surface area contributed by atoms with Crippen molar-refractivity contribution in [1.82, 2.24) is 5.32 Å². The molecular formula is C16H21F2NO. The highest BCUT2D eigenvalue weighted by atomic mass is 19.1. The smallest absolute Gasteiger partial charge is 0.220 e. The van der Waals surface area contributed by atoms with Crippen molar-refractivity contribution in [2.24, 2.45) is 0 Å². The van der Waals surface area contributed by atoms with Gasteiger partial charge in [-0.1, -0.05) is 19.3 Å². The van der Waals surface area contributed by atoms with Gasteiger partial charge in [0.05, 0.1) is 0 Å². The topological polar surface area (TPSA) is 29.1 Å². The molecule has 110 valence electrons. The Bertz CT molecular complexity index is 461. The first-order valence-electron chi connectivity index (χ1n) is 7.23. The van der Waals surface area contributed by atoms with E-state index in [0.29, 0.717) is 12.0 Å². The van der Waals surface area contributed by atoms with Crippen molar-refractivity contribution in [2.75, 3.05) is 0 Å². The molecule has 0 atom stereocenters. The van der Waals surface area contributed by atoms with E-state index in [1.807, 2.05) is 0 Å². The van der Waals surface area contributed by atoms with Crippen molar-refractivity contribution in [2.45, 2.75) is 57.4 Å². The Kier molecular flexibility index (Phi) is 4.73. The van der Waals surface area contributed by atoms with Gasteiger partial charge in [-0.3, -0.25) is 4.79 Å². The molecule has 0 aromatic heterocycles. The first-order valence-corrected chi connectivity index (χ1v) is 7.23.